The third-order valence-corrected chi connectivity index (χ3v) is 6.83. The molecular formula is C20H31Cl2N3O2. The van der Waals surface area contributed by atoms with E-state index >= 15 is 0 Å². The lowest BCUT2D eigenvalue weighted by molar-refractivity contribution is 0.154. The van der Waals surface area contributed by atoms with Crippen molar-refractivity contribution in [2.75, 3.05) is 51.0 Å². The summed E-state index contributed by atoms with van der Waals surface area (Å²) < 4.78 is 11.0. The van der Waals surface area contributed by atoms with Crippen molar-refractivity contribution in [3.63, 3.8) is 0 Å². The predicted octanol–water partition coefficient (Wildman–Crippen LogP) is 3.30. The Balaban J connectivity index is 0.00000105. The van der Waals surface area contributed by atoms with Crippen molar-refractivity contribution >= 4 is 30.5 Å². The summed E-state index contributed by atoms with van der Waals surface area (Å²) in [5, 5.41) is 3.53. The van der Waals surface area contributed by atoms with E-state index in [2.05, 4.69) is 27.2 Å². The Morgan fingerprint density at radius 2 is 1.67 bits per heavy atom. The molecule has 0 radical (unpaired) electrons. The highest BCUT2D eigenvalue weighted by Crippen LogP contribution is 2.41. The average molecular weight is 416 g/mol. The molecule has 5 rings (SSSR count). The topological polar surface area (TPSA) is 37.0 Å². The highest BCUT2D eigenvalue weighted by molar-refractivity contribution is 5.85. The lowest BCUT2D eigenvalue weighted by Crippen LogP contribution is -2.46. The molecular weight excluding hydrogens is 385 g/mol. The monoisotopic (exact) mass is 415 g/mol. The van der Waals surface area contributed by atoms with Crippen LogP contribution in [0.2, 0.25) is 0 Å². The van der Waals surface area contributed by atoms with Gasteiger partial charge in [0, 0.05) is 37.4 Å². The van der Waals surface area contributed by atoms with E-state index in [1.807, 2.05) is 6.07 Å². The molecule has 4 aliphatic heterocycles. The molecule has 0 unspecified atom stereocenters. The molecule has 0 saturated carbocycles. The Bertz CT molecular complexity index is 632. The molecule has 0 aromatic heterocycles. The molecule has 1 spiro atoms. The SMILES string of the molecule is Cl.Cl.c1cc2c(cc1N1CCC(N3CCC4(CCNCC4)C3)CC1)OCO2. The number of fused-ring (bicyclic) bond motifs is 1. The zero-order valence-corrected chi connectivity index (χ0v) is 17.5. The summed E-state index contributed by atoms with van der Waals surface area (Å²) in [4.78, 5) is 5.32. The fraction of sp³-hybridized carbons (Fsp3) is 0.700. The number of anilines is 1. The lowest BCUT2D eigenvalue weighted by atomic mass is 9.78. The number of benzene rings is 1. The van der Waals surface area contributed by atoms with E-state index in [1.165, 1.54) is 64.0 Å². The van der Waals surface area contributed by atoms with Gasteiger partial charge in [-0.15, -0.1) is 24.8 Å². The van der Waals surface area contributed by atoms with Gasteiger partial charge in [-0.2, -0.15) is 0 Å². The molecule has 3 fully saturated rings. The smallest absolute Gasteiger partial charge is 0.231 e. The van der Waals surface area contributed by atoms with E-state index in [4.69, 9.17) is 9.47 Å². The van der Waals surface area contributed by atoms with E-state index in [-0.39, 0.29) is 24.8 Å². The van der Waals surface area contributed by atoms with Crippen LogP contribution in [0, 0.1) is 5.41 Å². The third kappa shape index (κ3) is 4.12. The van der Waals surface area contributed by atoms with Gasteiger partial charge in [-0.05, 0) is 69.3 Å². The second kappa shape index (κ2) is 8.64. The number of nitrogens with zero attached hydrogens (tertiary/aromatic N) is 2. The number of hydrogen-bond donors (Lipinski definition) is 1. The quantitative estimate of drug-likeness (QED) is 0.801. The molecule has 3 saturated heterocycles. The molecule has 0 bridgehead atoms. The first-order chi connectivity index (χ1) is 12.3. The van der Waals surface area contributed by atoms with Crippen LogP contribution in [0.4, 0.5) is 5.69 Å². The van der Waals surface area contributed by atoms with Crippen LogP contribution in [-0.4, -0.2) is 57.0 Å². The van der Waals surface area contributed by atoms with Crippen molar-refractivity contribution in [1.82, 2.24) is 10.2 Å². The van der Waals surface area contributed by atoms with Crippen LogP contribution >= 0.6 is 24.8 Å². The summed E-state index contributed by atoms with van der Waals surface area (Å²) >= 11 is 0. The highest BCUT2D eigenvalue weighted by atomic mass is 35.5. The van der Waals surface area contributed by atoms with Gasteiger partial charge in [0.15, 0.2) is 11.5 Å². The van der Waals surface area contributed by atoms with Crippen molar-refractivity contribution in [2.24, 2.45) is 5.41 Å². The maximum absolute atomic E-state index is 5.53. The van der Waals surface area contributed by atoms with Gasteiger partial charge in [-0.25, -0.2) is 0 Å². The van der Waals surface area contributed by atoms with Crippen LogP contribution in [0.5, 0.6) is 11.5 Å². The van der Waals surface area contributed by atoms with Crippen molar-refractivity contribution < 1.29 is 9.47 Å². The summed E-state index contributed by atoms with van der Waals surface area (Å²) in [6.07, 6.45) is 6.72. The van der Waals surface area contributed by atoms with Crippen molar-refractivity contribution in [3.05, 3.63) is 18.2 Å². The Kier molecular flexibility index (Phi) is 6.67. The van der Waals surface area contributed by atoms with Crippen LogP contribution in [-0.2, 0) is 0 Å². The molecule has 4 heterocycles. The number of rotatable bonds is 2. The Hall–Kier alpha value is -0.880. The van der Waals surface area contributed by atoms with E-state index < -0.39 is 0 Å². The largest absolute Gasteiger partial charge is 0.454 e. The first kappa shape index (κ1) is 20.8. The Labute approximate surface area is 174 Å². The number of hydrogen-bond acceptors (Lipinski definition) is 5. The van der Waals surface area contributed by atoms with E-state index in [9.17, 15) is 0 Å². The second-order valence-electron chi connectivity index (χ2n) is 8.23. The van der Waals surface area contributed by atoms with Crippen LogP contribution in [0.3, 0.4) is 0 Å². The fourth-order valence-corrected chi connectivity index (χ4v) is 5.22. The lowest BCUT2D eigenvalue weighted by Gasteiger charge is -2.39. The fourth-order valence-electron chi connectivity index (χ4n) is 5.22. The van der Waals surface area contributed by atoms with Crippen LogP contribution in [0.15, 0.2) is 18.2 Å². The zero-order chi connectivity index (χ0) is 16.7. The average Bonchev–Trinajstić information content (AvgIpc) is 3.29. The molecule has 0 aliphatic carbocycles. The molecule has 5 nitrogen and oxygen atoms in total. The molecule has 0 atom stereocenters. The molecule has 27 heavy (non-hydrogen) atoms. The van der Waals surface area contributed by atoms with Crippen LogP contribution in [0.25, 0.3) is 0 Å². The van der Waals surface area contributed by atoms with Gasteiger partial charge in [0.25, 0.3) is 0 Å². The Morgan fingerprint density at radius 1 is 0.926 bits per heavy atom. The normalized spacial score (nSPS) is 24.5. The van der Waals surface area contributed by atoms with Gasteiger partial charge >= 0.3 is 0 Å². The van der Waals surface area contributed by atoms with Gasteiger partial charge in [0.2, 0.25) is 6.79 Å². The summed E-state index contributed by atoms with van der Waals surface area (Å²) in [5.74, 6) is 1.77. The first-order valence-corrected chi connectivity index (χ1v) is 9.91. The molecule has 1 aromatic rings. The third-order valence-electron chi connectivity index (χ3n) is 6.83. The Morgan fingerprint density at radius 3 is 2.44 bits per heavy atom. The summed E-state index contributed by atoms with van der Waals surface area (Å²) in [6.45, 7) is 7.74. The number of halogens is 2. The first-order valence-electron chi connectivity index (χ1n) is 9.91. The van der Waals surface area contributed by atoms with E-state index in [0.717, 1.165) is 30.6 Å². The van der Waals surface area contributed by atoms with Gasteiger partial charge in [-0.3, -0.25) is 4.90 Å². The van der Waals surface area contributed by atoms with Gasteiger partial charge in [0.05, 0.1) is 0 Å². The summed E-state index contributed by atoms with van der Waals surface area (Å²) in [5.41, 5.74) is 1.90. The zero-order valence-electron chi connectivity index (χ0n) is 15.8. The second-order valence-corrected chi connectivity index (χ2v) is 8.23. The predicted molar refractivity (Wildman–Crippen MR) is 113 cm³/mol. The minimum Gasteiger partial charge on any atom is -0.454 e. The number of ether oxygens (including phenoxy) is 2. The standard InChI is InChI=1S/C20H29N3O2.2ClH/c1-2-18-19(25-15-24-18)13-17(1)22-10-3-16(4-11-22)23-12-7-20(14-23)5-8-21-9-6-20;;/h1-2,13,16,21H,3-12,14-15H2;2*1H. The number of piperidine rings is 2. The van der Waals surface area contributed by atoms with E-state index in [1.54, 1.807) is 0 Å². The van der Waals surface area contributed by atoms with E-state index in [0.29, 0.717) is 12.2 Å². The molecule has 1 aromatic carbocycles. The van der Waals surface area contributed by atoms with Crippen LogP contribution in [0.1, 0.15) is 32.1 Å². The number of nitrogens with one attached hydrogen (secondary N) is 1. The minimum absolute atomic E-state index is 0. The maximum atomic E-state index is 5.53. The summed E-state index contributed by atoms with van der Waals surface area (Å²) in [6, 6.07) is 7.14. The molecule has 7 heteroatoms. The van der Waals surface area contributed by atoms with Gasteiger partial charge in [0.1, 0.15) is 0 Å². The van der Waals surface area contributed by atoms with Gasteiger partial charge < -0.3 is 19.7 Å². The van der Waals surface area contributed by atoms with Crippen molar-refractivity contribution in [2.45, 2.75) is 38.1 Å². The number of likely N-dealkylation sites (tertiary alicyclic amines) is 1. The summed E-state index contributed by atoms with van der Waals surface area (Å²) in [7, 11) is 0. The van der Waals surface area contributed by atoms with Crippen molar-refractivity contribution in [1.29, 1.82) is 0 Å². The highest BCUT2D eigenvalue weighted by Gasteiger charge is 2.41. The van der Waals surface area contributed by atoms with Crippen molar-refractivity contribution in [3.8, 4) is 11.5 Å². The minimum atomic E-state index is 0. The molecule has 152 valence electrons. The van der Waals surface area contributed by atoms with Crippen LogP contribution < -0.4 is 19.7 Å². The molecule has 0 amide bonds. The maximum Gasteiger partial charge on any atom is 0.231 e. The molecule has 4 aliphatic rings. The molecule has 1 N–H and O–H groups in total. The van der Waals surface area contributed by atoms with Gasteiger partial charge in [-0.1, -0.05) is 0 Å².